The largest absolute Gasteiger partial charge is 0.486 e. The van der Waals surface area contributed by atoms with Gasteiger partial charge in [0.25, 0.3) is 0 Å². The number of aryl methyl sites for hydroxylation is 2. The number of hydrogen-bond donors (Lipinski definition) is 1. The molecule has 0 aromatic carbocycles. The topological polar surface area (TPSA) is 65.0 Å². The summed E-state index contributed by atoms with van der Waals surface area (Å²) < 4.78 is 13.2. The molecule has 1 saturated heterocycles. The van der Waals surface area contributed by atoms with E-state index in [9.17, 15) is 0 Å². The summed E-state index contributed by atoms with van der Waals surface area (Å²) in [6.07, 6.45) is 5.77. The number of aromatic nitrogens is 4. The van der Waals surface area contributed by atoms with E-state index in [1.807, 2.05) is 20.2 Å². The van der Waals surface area contributed by atoms with Crippen LogP contribution >= 0.6 is 0 Å². The Morgan fingerprint density at radius 1 is 1.42 bits per heavy atom. The Bertz CT molecular complexity index is 555. The molecule has 1 fully saturated rings. The molecule has 0 bridgehead atoms. The highest BCUT2D eigenvalue weighted by molar-refractivity contribution is 5.67. The van der Waals surface area contributed by atoms with E-state index >= 15 is 0 Å². The Morgan fingerprint density at radius 3 is 2.89 bits per heavy atom. The van der Waals surface area contributed by atoms with E-state index in [1.54, 1.807) is 10.9 Å². The van der Waals surface area contributed by atoms with Gasteiger partial charge in [-0.2, -0.15) is 10.2 Å². The van der Waals surface area contributed by atoms with Gasteiger partial charge in [-0.25, -0.2) is 0 Å². The fourth-order valence-electron chi connectivity index (χ4n) is 2.38. The zero-order chi connectivity index (χ0) is 13.2. The minimum atomic E-state index is 0.210. The van der Waals surface area contributed by atoms with Crippen molar-refractivity contribution in [1.82, 2.24) is 20.0 Å². The predicted octanol–water partition coefficient (Wildman–Crippen LogP) is 1.68. The van der Waals surface area contributed by atoms with Crippen LogP contribution in [-0.2, 0) is 11.8 Å². The maximum Gasteiger partial charge on any atom is 0.165 e. The first kappa shape index (κ1) is 12.2. The first-order chi connectivity index (χ1) is 9.24. The van der Waals surface area contributed by atoms with Gasteiger partial charge in [-0.15, -0.1) is 0 Å². The number of hydrogen-bond acceptors (Lipinski definition) is 4. The van der Waals surface area contributed by atoms with Gasteiger partial charge in [0.05, 0.1) is 25.1 Å². The Balaban J connectivity index is 1.83. The highest BCUT2D eigenvalue weighted by Gasteiger charge is 2.20. The molecule has 0 spiro atoms. The molecule has 2 aromatic rings. The third-order valence-electron chi connectivity index (χ3n) is 3.35. The fourth-order valence-corrected chi connectivity index (χ4v) is 2.38. The average Bonchev–Trinajstić information content (AvgIpc) is 2.97. The van der Waals surface area contributed by atoms with Crippen LogP contribution in [-0.4, -0.2) is 39.3 Å². The molecule has 6 nitrogen and oxygen atoms in total. The normalized spacial score (nSPS) is 16.7. The number of nitrogens with zero attached hydrogens (tertiary/aromatic N) is 3. The van der Waals surface area contributed by atoms with Crippen molar-refractivity contribution in [2.45, 2.75) is 25.9 Å². The third kappa shape index (κ3) is 2.49. The third-order valence-corrected chi connectivity index (χ3v) is 3.35. The number of ether oxygens (including phenoxy) is 2. The molecule has 1 aliphatic heterocycles. The summed E-state index contributed by atoms with van der Waals surface area (Å²) in [6, 6.07) is 0. The molecule has 0 unspecified atom stereocenters. The molecular formula is C13H18N4O2. The Labute approximate surface area is 111 Å². The SMILES string of the molecule is Cc1nn(C)cc1-c1[nH]ncc1OC1CCOCC1. The van der Waals surface area contributed by atoms with Gasteiger partial charge in [0.15, 0.2) is 5.75 Å². The lowest BCUT2D eigenvalue weighted by molar-refractivity contribution is 0.0258. The van der Waals surface area contributed by atoms with Crippen molar-refractivity contribution in [3.8, 4) is 17.0 Å². The number of rotatable bonds is 3. The second-order valence-electron chi connectivity index (χ2n) is 4.84. The van der Waals surface area contributed by atoms with Crippen molar-refractivity contribution in [2.75, 3.05) is 13.2 Å². The van der Waals surface area contributed by atoms with Gasteiger partial charge in [-0.3, -0.25) is 9.78 Å². The molecule has 3 rings (SSSR count). The van der Waals surface area contributed by atoms with Gasteiger partial charge in [0.1, 0.15) is 11.8 Å². The Kier molecular flexibility index (Phi) is 3.25. The standard InChI is InChI=1S/C13H18N4O2/c1-9-11(8-17(2)16-9)13-12(7-14-15-13)19-10-3-5-18-6-4-10/h7-8,10H,3-6H2,1-2H3,(H,14,15). The molecule has 3 heterocycles. The predicted molar refractivity (Wildman–Crippen MR) is 70.0 cm³/mol. The van der Waals surface area contributed by atoms with Gasteiger partial charge < -0.3 is 9.47 Å². The van der Waals surface area contributed by atoms with E-state index in [2.05, 4.69) is 15.3 Å². The van der Waals surface area contributed by atoms with Crippen molar-refractivity contribution in [3.05, 3.63) is 18.1 Å². The molecule has 19 heavy (non-hydrogen) atoms. The minimum Gasteiger partial charge on any atom is -0.486 e. The van der Waals surface area contributed by atoms with E-state index in [-0.39, 0.29) is 6.10 Å². The number of aromatic amines is 1. The zero-order valence-electron chi connectivity index (χ0n) is 11.2. The van der Waals surface area contributed by atoms with Crippen LogP contribution in [0.4, 0.5) is 0 Å². The zero-order valence-corrected chi connectivity index (χ0v) is 11.2. The van der Waals surface area contributed by atoms with E-state index in [4.69, 9.17) is 9.47 Å². The van der Waals surface area contributed by atoms with Gasteiger partial charge in [0.2, 0.25) is 0 Å². The summed E-state index contributed by atoms with van der Waals surface area (Å²) in [5, 5.41) is 11.5. The van der Waals surface area contributed by atoms with Gasteiger partial charge in [0, 0.05) is 31.6 Å². The maximum atomic E-state index is 6.03. The fraction of sp³-hybridized carbons (Fsp3) is 0.538. The minimum absolute atomic E-state index is 0.210. The summed E-state index contributed by atoms with van der Waals surface area (Å²) in [7, 11) is 1.91. The van der Waals surface area contributed by atoms with Crippen LogP contribution in [0.3, 0.4) is 0 Å². The van der Waals surface area contributed by atoms with E-state index in [0.717, 1.165) is 48.8 Å². The molecule has 1 aliphatic rings. The molecule has 2 aromatic heterocycles. The summed E-state index contributed by atoms with van der Waals surface area (Å²) in [5.41, 5.74) is 2.89. The summed E-state index contributed by atoms with van der Waals surface area (Å²) in [5.74, 6) is 0.794. The summed E-state index contributed by atoms with van der Waals surface area (Å²) in [4.78, 5) is 0. The van der Waals surface area contributed by atoms with E-state index in [1.165, 1.54) is 0 Å². The van der Waals surface area contributed by atoms with Crippen molar-refractivity contribution >= 4 is 0 Å². The van der Waals surface area contributed by atoms with Gasteiger partial charge in [-0.05, 0) is 6.92 Å². The molecule has 0 radical (unpaired) electrons. The molecule has 102 valence electrons. The molecule has 0 saturated carbocycles. The second kappa shape index (κ2) is 5.05. The van der Waals surface area contributed by atoms with Crippen LogP contribution < -0.4 is 4.74 Å². The summed E-state index contributed by atoms with van der Waals surface area (Å²) in [6.45, 7) is 3.52. The lowest BCUT2D eigenvalue weighted by Gasteiger charge is -2.23. The van der Waals surface area contributed by atoms with Crippen LogP contribution in [0.25, 0.3) is 11.3 Å². The lowest BCUT2D eigenvalue weighted by Crippen LogP contribution is -2.25. The van der Waals surface area contributed by atoms with E-state index < -0.39 is 0 Å². The number of nitrogens with one attached hydrogen (secondary N) is 1. The quantitative estimate of drug-likeness (QED) is 0.914. The van der Waals surface area contributed by atoms with Crippen LogP contribution in [0.5, 0.6) is 5.75 Å². The Morgan fingerprint density at radius 2 is 2.21 bits per heavy atom. The monoisotopic (exact) mass is 262 g/mol. The van der Waals surface area contributed by atoms with Crippen LogP contribution in [0, 0.1) is 6.92 Å². The number of H-pyrrole nitrogens is 1. The molecule has 6 heteroatoms. The Hall–Kier alpha value is -1.82. The molecule has 0 atom stereocenters. The molecule has 0 amide bonds. The highest BCUT2D eigenvalue weighted by Crippen LogP contribution is 2.31. The average molecular weight is 262 g/mol. The van der Waals surface area contributed by atoms with E-state index in [0.29, 0.717) is 0 Å². The van der Waals surface area contributed by atoms with Crippen LogP contribution in [0.1, 0.15) is 18.5 Å². The van der Waals surface area contributed by atoms with Crippen LogP contribution in [0.15, 0.2) is 12.4 Å². The second-order valence-corrected chi connectivity index (χ2v) is 4.84. The van der Waals surface area contributed by atoms with Crippen molar-refractivity contribution in [1.29, 1.82) is 0 Å². The van der Waals surface area contributed by atoms with Crippen LogP contribution in [0.2, 0.25) is 0 Å². The smallest absolute Gasteiger partial charge is 0.165 e. The first-order valence-electron chi connectivity index (χ1n) is 6.52. The van der Waals surface area contributed by atoms with Gasteiger partial charge >= 0.3 is 0 Å². The van der Waals surface area contributed by atoms with Crippen molar-refractivity contribution in [3.63, 3.8) is 0 Å². The molecule has 0 aliphatic carbocycles. The molecule has 1 N–H and O–H groups in total. The van der Waals surface area contributed by atoms with Crippen molar-refractivity contribution < 1.29 is 9.47 Å². The highest BCUT2D eigenvalue weighted by atomic mass is 16.5. The van der Waals surface area contributed by atoms with Crippen molar-refractivity contribution in [2.24, 2.45) is 7.05 Å². The first-order valence-corrected chi connectivity index (χ1v) is 6.52. The lowest BCUT2D eigenvalue weighted by atomic mass is 10.1. The summed E-state index contributed by atoms with van der Waals surface area (Å²) >= 11 is 0. The maximum absolute atomic E-state index is 6.03. The van der Waals surface area contributed by atoms with Gasteiger partial charge in [-0.1, -0.05) is 0 Å². The molecular weight excluding hydrogens is 244 g/mol.